The average Bonchev–Trinajstić information content (AvgIpc) is 2.99. The first-order valence-corrected chi connectivity index (χ1v) is 8.07. The molecule has 0 spiro atoms. The van der Waals surface area contributed by atoms with E-state index in [0.717, 1.165) is 5.39 Å². The lowest BCUT2D eigenvalue weighted by molar-refractivity contribution is -0.119. The molecule has 3 rings (SSSR count). The van der Waals surface area contributed by atoms with Crippen LogP contribution in [0.1, 0.15) is 19.5 Å². The standard InChI is InChI=1S/C19H19N3O3/c1-12(2)19(24)21-14-9-7-13(8-10-14)20-18(23)11-16-15-5-3-4-6-17(15)25-22-16/h3-10,12H,11H2,1-2H3,(H,20,23)(H,21,24). The summed E-state index contributed by atoms with van der Waals surface area (Å²) in [4.78, 5) is 23.9. The second-order valence-electron chi connectivity index (χ2n) is 6.07. The van der Waals surface area contributed by atoms with E-state index in [1.54, 1.807) is 24.3 Å². The minimum atomic E-state index is -0.182. The van der Waals surface area contributed by atoms with E-state index in [4.69, 9.17) is 4.52 Å². The van der Waals surface area contributed by atoms with Gasteiger partial charge in [0, 0.05) is 22.7 Å². The third kappa shape index (κ3) is 4.03. The molecule has 0 atom stereocenters. The van der Waals surface area contributed by atoms with Crippen LogP contribution < -0.4 is 10.6 Å². The fourth-order valence-corrected chi connectivity index (χ4v) is 2.35. The molecule has 0 unspecified atom stereocenters. The van der Waals surface area contributed by atoms with Crippen molar-refractivity contribution in [2.75, 3.05) is 10.6 Å². The van der Waals surface area contributed by atoms with Crippen LogP contribution in [0.4, 0.5) is 11.4 Å². The fourth-order valence-electron chi connectivity index (χ4n) is 2.35. The van der Waals surface area contributed by atoms with E-state index in [0.29, 0.717) is 22.7 Å². The molecule has 0 aliphatic heterocycles. The first kappa shape index (κ1) is 16.7. The number of benzene rings is 2. The fraction of sp³-hybridized carbons (Fsp3) is 0.211. The summed E-state index contributed by atoms with van der Waals surface area (Å²) >= 11 is 0. The van der Waals surface area contributed by atoms with E-state index in [2.05, 4.69) is 15.8 Å². The molecule has 0 aliphatic carbocycles. The van der Waals surface area contributed by atoms with Crippen LogP contribution in [0.15, 0.2) is 53.1 Å². The molecule has 6 nitrogen and oxygen atoms in total. The quantitative estimate of drug-likeness (QED) is 0.745. The highest BCUT2D eigenvalue weighted by Gasteiger charge is 2.12. The van der Waals surface area contributed by atoms with Gasteiger partial charge in [-0.25, -0.2) is 0 Å². The van der Waals surface area contributed by atoms with Crippen LogP contribution in [-0.4, -0.2) is 17.0 Å². The predicted molar refractivity (Wildman–Crippen MR) is 96.3 cm³/mol. The van der Waals surface area contributed by atoms with Crippen molar-refractivity contribution in [3.8, 4) is 0 Å². The monoisotopic (exact) mass is 337 g/mol. The lowest BCUT2D eigenvalue weighted by Gasteiger charge is -2.09. The van der Waals surface area contributed by atoms with E-state index < -0.39 is 0 Å². The number of para-hydroxylation sites is 1. The molecule has 6 heteroatoms. The molecule has 0 aliphatic rings. The molecular weight excluding hydrogens is 318 g/mol. The maximum Gasteiger partial charge on any atom is 0.230 e. The number of nitrogens with one attached hydrogen (secondary N) is 2. The number of anilines is 2. The van der Waals surface area contributed by atoms with Gasteiger partial charge in [-0.2, -0.15) is 0 Å². The number of nitrogens with zero attached hydrogens (tertiary/aromatic N) is 1. The molecule has 0 fully saturated rings. The number of amides is 2. The number of carbonyl (C=O) groups is 2. The SMILES string of the molecule is CC(C)C(=O)Nc1ccc(NC(=O)Cc2noc3ccccc23)cc1. The van der Waals surface area contributed by atoms with Gasteiger partial charge in [0.25, 0.3) is 0 Å². The van der Waals surface area contributed by atoms with Crippen molar-refractivity contribution in [1.29, 1.82) is 0 Å². The molecule has 128 valence electrons. The van der Waals surface area contributed by atoms with E-state index in [1.807, 2.05) is 38.1 Å². The molecule has 1 aromatic heterocycles. The number of rotatable bonds is 5. The zero-order valence-corrected chi connectivity index (χ0v) is 14.1. The van der Waals surface area contributed by atoms with Crippen LogP contribution in [0.25, 0.3) is 11.0 Å². The summed E-state index contributed by atoms with van der Waals surface area (Å²) < 4.78 is 5.20. The highest BCUT2D eigenvalue weighted by Crippen LogP contribution is 2.19. The molecule has 0 bridgehead atoms. The molecular formula is C19H19N3O3. The molecule has 2 aromatic carbocycles. The Hall–Kier alpha value is -3.15. The Morgan fingerprint density at radius 3 is 2.32 bits per heavy atom. The van der Waals surface area contributed by atoms with Crippen LogP contribution in [0.5, 0.6) is 0 Å². The Bertz CT molecular complexity index is 898. The molecule has 2 N–H and O–H groups in total. The topological polar surface area (TPSA) is 84.2 Å². The third-order valence-electron chi connectivity index (χ3n) is 3.74. The number of fused-ring (bicyclic) bond motifs is 1. The molecule has 0 saturated heterocycles. The van der Waals surface area contributed by atoms with E-state index in [1.165, 1.54) is 0 Å². The summed E-state index contributed by atoms with van der Waals surface area (Å²) in [5, 5.41) is 10.4. The van der Waals surface area contributed by atoms with Crippen LogP contribution in [0, 0.1) is 5.92 Å². The van der Waals surface area contributed by atoms with Gasteiger partial charge >= 0.3 is 0 Å². The zero-order valence-electron chi connectivity index (χ0n) is 14.1. The van der Waals surface area contributed by atoms with Gasteiger partial charge in [0.1, 0.15) is 5.69 Å². The van der Waals surface area contributed by atoms with Gasteiger partial charge in [0.2, 0.25) is 11.8 Å². The number of aromatic nitrogens is 1. The molecule has 0 saturated carbocycles. The molecule has 0 radical (unpaired) electrons. The van der Waals surface area contributed by atoms with Gasteiger partial charge in [-0.1, -0.05) is 31.1 Å². The largest absolute Gasteiger partial charge is 0.356 e. The normalized spacial score (nSPS) is 10.8. The summed E-state index contributed by atoms with van der Waals surface area (Å²) in [6, 6.07) is 14.4. The van der Waals surface area contributed by atoms with E-state index in [9.17, 15) is 9.59 Å². The Balaban J connectivity index is 1.62. The number of carbonyl (C=O) groups excluding carboxylic acids is 2. The van der Waals surface area contributed by atoms with Crippen molar-refractivity contribution in [3.63, 3.8) is 0 Å². The maximum atomic E-state index is 12.2. The van der Waals surface area contributed by atoms with Crippen LogP contribution in [-0.2, 0) is 16.0 Å². The molecule has 2 amide bonds. The highest BCUT2D eigenvalue weighted by molar-refractivity contribution is 5.95. The van der Waals surface area contributed by atoms with Crippen molar-refractivity contribution in [3.05, 3.63) is 54.2 Å². The van der Waals surface area contributed by atoms with Crippen LogP contribution >= 0.6 is 0 Å². The van der Waals surface area contributed by atoms with Crippen molar-refractivity contribution >= 4 is 34.2 Å². The molecule has 25 heavy (non-hydrogen) atoms. The highest BCUT2D eigenvalue weighted by atomic mass is 16.5. The molecule has 3 aromatic rings. The predicted octanol–water partition coefficient (Wildman–Crippen LogP) is 3.60. The van der Waals surface area contributed by atoms with Gasteiger partial charge in [-0.05, 0) is 36.4 Å². The van der Waals surface area contributed by atoms with Gasteiger partial charge in [0.15, 0.2) is 5.58 Å². The smallest absolute Gasteiger partial charge is 0.230 e. The Morgan fingerprint density at radius 1 is 1.00 bits per heavy atom. The maximum absolute atomic E-state index is 12.2. The summed E-state index contributed by atoms with van der Waals surface area (Å²) in [7, 11) is 0. The number of hydrogen-bond acceptors (Lipinski definition) is 4. The van der Waals surface area contributed by atoms with Gasteiger partial charge in [0.05, 0.1) is 6.42 Å². The van der Waals surface area contributed by atoms with Crippen LogP contribution in [0.3, 0.4) is 0 Å². The summed E-state index contributed by atoms with van der Waals surface area (Å²) in [6.07, 6.45) is 0.128. The summed E-state index contributed by atoms with van der Waals surface area (Å²) in [5.74, 6) is -0.315. The molecule has 1 heterocycles. The summed E-state index contributed by atoms with van der Waals surface area (Å²) in [5.41, 5.74) is 2.61. The Morgan fingerprint density at radius 2 is 1.64 bits per heavy atom. The first-order chi connectivity index (χ1) is 12.0. The second-order valence-corrected chi connectivity index (χ2v) is 6.07. The third-order valence-corrected chi connectivity index (χ3v) is 3.74. The van der Waals surface area contributed by atoms with Crippen LogP contribution in [0.2, 0.25) is 0 Å². The second kappa shape index (κ2) is 7.17. The van der Waals surface area contributed by atoms with Gasteiger partial charge < -0.3 is 15.2 Å². The first-order valence-electron chi connectivity index (χ1n) is 8.07. The Kier molecular flexibility index (Phi) is 4.79. The lowest BCUT2D eigenvalue weighted by Crippen LogP contribution is -2.18. The van der Waals surface area contributed by atoms with Crippen molar-refractivity contribution < 1.29 is 14.1 Å². The summed E-state index contributed by atoms with van der Waals surface area (Å²) in [6.45, 7) is 3.66. The van der Waals surface area contributed by atoms with E-state index in [-0.39, 0.29) is 24.2 Å². The van der Waals surface area contributed by atoms with Crippen molar-refractivity contribution in [2.45, 2.75) is 20.3 Å². The average molecular weight is 337 g/mol. The lowest BCUT2D eigenvalue weighted by atomic mass is 10.1. The minimum Gasteiger partial charge on any atom is -0.356 e. The van der Waals surface area contributed by atoms with Crippen molar-refractivity contribution in [2.24, 2.45) is 5.92 Å². The number of hydrogen-bond donors (Lipinski definition) is 2. The Labute approximate surface area is 145 Å². The van der Waals surface area contributed by atoms with Gasteiger partial charge in [-0.3, -0.25) is 9.59 Å². The van der Waals surface area contributed by atoms with Gasteiger partial charge in [-0.15, -0.1) is 0 Å². The zero-order chi connectivity index (χ0) is 17.8. The van der Waals surface area contributed by atoms with E-state index >= 15 is 0 Å². The van der Waals surface area contributed by atoms with Crippen molar-refractivity contribution in [1.82, 2.24) is 5.16 Å². The minimum absolute atomic E-state index is 0.0466.